The fraction of sp³-hybridized carbons (Fsp3) is 0.588. The van der Waals surface area contributed by atoms with Gasteiger partial charge in [0.05, 0.1) is 11.0 Å². The van der Waals surface area contributed by atoms with Gasteiger partial charge in [-0.2, -0.15) is 0 Å². The molecule has 0 saturated heterocycles. The molecule has 1 aromatic carbocycles. The minimum absolute atomic E-state index is 0.0996. The fourth-order valence-corrected chi connectivity index (χ4v) is 4.05. The van der Waals surface area contributed by atoms with E-state index in [0.29, 0.717) is 18.8 Å². The van der Waals surface area contributed by atoms with Crippen molar-refractivity contribution in [3.05, 3.63) is 35.9 Å². The second-order valence-electron chi connectivity index (χ2n) is 6.25. The van der Waals surface area contributed by atoms with Gasteiger partial charge < -0.3 is 0 Å². The summed E-state index contributed by atoms with van der Waals surface area (Å²) in [6, 6.07) is 10.2. The summed E-state index contributed by atoms with van der Waals surface area (Å²) in [5.41, 5.74) is 1.27. The number of Topliss-reactive ketones (excluding diaryl/α,β-unsaturated/α-hetero) is 1. The lowest BCUT2D eigenvalue weighted by Gasteiger charge is -2.28. The molecular formula is C17H24O3S. The van der Waals surface area contributed by atoms with Crippen LogP contribution in [0.4, 0.5) is 0 Å². The van der Waals surface area contributed by atoms with Gasteiger partial charge in [-0.15, -0.1) is 0 Å². The van der Waals surface area contributed by atoms with E-state index < -0.39 is 9.84 Å². The lowest BCUT2D eigenvalue weighted by Crippen LogP contribution is -2.27. The van der Waals surface area contributed by atoms with Gasteiger partial charge in [-0.3, -0.25) is 4.79 Å². The second kappa shape index (κ2) is 6.73. The Morgan fingerprint density at radius 3 is 2.48 bits per heavy atom. The van der Waals surface area contributed by atoms with E-state index in [9.17, 15) is 13.2 Å². The molecule has 0 spiro atoms. The molecule has 3 nitrogen and oxygen atoms in total. The summed E-state index contributed by atoms with van der Waals surface area (Å²) in [6.45, 7) is 3.40. The van der Waals surface area contributed by atoms with Gasteiger partial charge in [-0.1, -0.05) is 30.3 Å². The van der Waals surface area contributed by atoms with Crippen molar-refractivity contribution >= 4 is 15.6 Å². The Bertz CT molecular complexity index is 575. The first kappa shape index (κ1) is 16.2. The van der Waals surface area contributed by atoms with E-state index in [-0.39, 0.29) is 22.7 Å². The van der Waals surface area contributed by atoms with Crippen LogP contribution in [-0.4, -0.2) is 25.2 Å². The van der Waals surface area contributed by atoms with Crippen LogP contribution in [0.2, 0.25) is 0 Å². The zero-order valence-corrected chi connectivity index (χ0v) is 13.6. The number of ketones is 1. The van der Waals surface area contributed by atoms with Crippen molar-refractivity contribution in [2.24, 2.45) is 5.92 Å². The molecule has 2 rings (SSSR count). The van der Waals surface area contributed by atoms with Gasteiger partial charge in [0.2, 0.25) is 0 Å². The van der Waals surface area contributed by atoms with E-state index in [2.05, 4.69) is 12.1 Å². The van der Waals surface area contributed by atoms with Gasteiger partial charge in [-0.25, -0.2) is 8.42 Å². The topological polar surface area (TPSA) is 51.2 Å². The summed E-state index contributed by atoms with van der Waals surface area (Å²) in [5.74, 6) is 0.650. The first-order valence-corrected chi connectivity index (χ1v) is 9.41. The highest BCUT2D eigenvalue weighted by Gasteiger charge is 2.30. The summed E-state index contributed by atoms with van der Waals surface area (Å²) in [5, 5.41) is -0.360. The number of rotatable bonds is 5. The molecule has 2 atom stereocenters. The van der Waals surface area contributed by atoms with Crippen LogP contribution in [0.1, 0.15) is 51.0 Å². The molecule has 116 valence electrons. The molecule has 2 unspecified atom stereocenters. The lowest BCUT2D eigenvalue weighted by molar-refractivity contribution is -0.124. The number of hydrogen-bond donors (Lipinski definition) is 0. The molecule has 0 aliphatic heterocycles. The largest absolute Gasteiger partial charge is 0.299 e. The number of hydrogen-bond acceptors (Lipinski definition) is 3. The molecular weight excluding hydrogens is 284 g/mol. The van der Waals surface area contributed by atoms with Crippen LogP contribution < -0.4 is 0 Å². The van der Waals surface area contributed by atoms with E-state index in [1.807, 2.05) is 18.2 Å². The van der Waals surface area contributed by atoms with Gasteiger partial charge in [0, 0.05) is 12.3 Å². The van der Waals surface area contributed by atoms with Gasteiger partial charge in [0.25, 0.3) is 0 Å². The van der Waals surface area contributed by atoms with Crippen LogP contribution in [0.25, 0.3) is 0 Å². The molecule has 4 heteroatoms. The maximum atomic E-state index is 12.1. The van der Waals surface area contributed by atoms with E-state index in [0.717, 1.165) is 12.8 Å². The van der Waals surface area contributed by atoms with Crippen LogP contribution in [-0.2, 0) is 14.6 Å². The monoisotopic (exact) mass is 308 g/mol. The second-order valence-corrected chi connectivity index (χ2v) is 8.93. The minimum Gasteiger partial charge on any atom is -0.299 e. The van der Waals surface area contributed by atoms with Crippen molar-refractivity contribution in [2.45, 2.75) is 50.7 Å². The summed E-state index contributed by atoms with van der Waals surface area (Å²) < 4.78 is 23.8. The Labute approximate surface area is 127 Å². The molecule has 0 N–H and O–H groups in total. The van der Waals surface area contributed by atoms with Gasteiger partial charge in [0.1, 0.15) is 5.78 Å². The van der Waals surface area contributed by atoms with Crippen molar-refractivity contribution in [1.82, 2.24) is 0 Å². The van der Waals surface area contributed by atoms with E-state index in [1.165, 1.54) is 5.56 Å². The molecule has 0 heterocycles. The quantitative estimate of drug-likeness (QED) is 0.838. The predicted octanol–water partition coefficient (Wildman–Crippen LogP) is 3.35. The molecule has 0 aromatic heterocycles. The zero-order chi connectivity index (χ0) is 15.5. The van der Waals surface area contributed by atoms with Crippen molar-refractivity contribution < 1.29 is 13.2 Å². The molecule has 0 amide bonds. The fourth-order valence-electron chi connectivity index (χ4n) is 2.96. The van der Waals surface area contributed by atoms with Crippen LogP contribution in [0.3, 0.4) is 0 Å². The average molecular weight is 308 g/mol. The third-order valence-corrected chi connectivity index (χ3v) is 6.74. The zero-order valence-electron chi connectivity index (χ0n) is 12.8. The molecule has 1 saturated carbocycles. The summed E-state index contributed by atoms with van der Waals surface area (Å²) in [6.07, 6.45) is 2.72. The predicted molar refractivity (Wildman–Crippen MR) is 85.1 cm³/mol. The van der Waals surface area contributed by atoms with Crippen molar-refractivity contribution in [2.75, 3.05) is 5.75 Å². The molecule has 0 bridgehead atoms. The number of carbonyl (C=O) groups is 1. The lowest BCUT2D eigenvalue weighted by atomic mass is 9.76. The third kappa shape index (κ3) is 4.16. The van der Waals surface area contributed by atoms with Crippen molar-refractivity contribution in [3.63, 3.8) is 0 Å². The highest BCUT2D eigenvalue weighted by atomic mass is 32.2. The summed E-state index contributed by atoms with van der Waals surface area (Å²) in [7, 11) is -3.06. The molecule has 21 heavy (non-hydrogen) atoms. The van der Waals surface area contributed by atoms with Crippen LogP contribution in [0.5, 0.6) is 0 Å². The maximum absolute atomic E-state index is 12.1. The Morgan fingerprint density at radius 2 is 1.86 bits per heavy atom. The standard InChI is InChI=1S/C17H24O3S/c1-13(2)21(19,20)11-10-16-12-15(8-9-17(16)18)14-6-4-3-5-7-14/h3-7,13,15-16H,8-12H2,1-2H3. The normalized spacial score (nSPS) is 23.5. The molecule has 1 fully saturated rings. The first-order valence-electron chi connectivity index (χ1n) is 7.69. The number of benzene rings is 1. The van der Waals surface area contributed by atoms with Gasteiger partial charge in [0.15, 0.2) is 9.84 Å². The van der Waals surface area contributed by atoms with Crippen LogP contribution in [0.15, 0.2) is 30.3 Å². The smallest absolute Gasteiger partial charge is 0.152 e. The van der Waals surface area contributed by atoms with Crippen molar-refractivity contribution in [1.29, 1.82) is 0 Å². The van der Waals surface area contributed by atoms with Crippen LogP contribution in [0, 0.1) is 5.92 Å². The Hall–Kier alpha value is -1.16. The number of carbonyl (C=O) groups excluding carboxylic acids is 1. The van der Waals surface area contributed by atoms with E-state index in [1.54, 1.807) is 13.8 Å². The molecule has 1 aromatic rings. The van der Waals surface area contributed by atoms with Crippen molar-refractivity contribution in [3.8, 4) is 0 Å². The van der Waals surface area contributed by atoms with Gasteiger partial charge in [-0.05, 0) is 44.6 Å². The Morgan fingerprint density at radius 1 is 1.19 bits per heavy atom. The molecule has 1 aliphatic carbocycles. The third-order valence-electron chi connectivity index (χ3n) is 4.50. The molecule has 0 radical (unpaired) electrons. The van der Waals surface area contributed by atoms with E-state index >= 15 is 0 Å². The highest BCUT2D eigenvalue weighted by molar-refractivity contribution is 7.91. The number of sulfone groups is 1. The maximum Gasteiger partial charge on any atom is 0.152 e. The average Bonchev–Trinajstić information content (AvgIpc) is 2.47. The van der Waals surface area contributed by atoms with Gasteiger partial charge >= 0.3 is 0 Å². The summed E-state index contributed by atoms with van der Waals surface area (Å²) >= 11 is 0. The Kier molecular flexibility index (Phi) is 5.20. The first-order chi connectivity index (χ1) is 9.90. The minimum atomic E-state index is -3.06. The molecule has 1 aliphatic rings. The Balaban J connectivity index is 2.01. The van der Waals surface area contributed by atoms with E-state index in [4.69, 9.17) is 0 Å². The SMILES string of the molecule is CC(C)S(=O)(=O)CCC1CC(c2ccccc2)CCC1=O. The summed E-state index contributed by atoms with van der Waals surface area (Å²) in [4.78, 5) is 12.1. The van der Waals surface area contributed by atoms with Crippen LogP contribution >= 0.6 is 0 Å². The highest BCUT2D eigenvalue weighted by Crippen LogP contribution is 2.35.